The molecule has 1 atom stereocenters. The zero-order valence-electron chi connectivity index (χ0n) is 16.7. The average Bonchev–Trinajstić information content (AvgIpc) is 3.49. The van der Waals surface area contributed by atoms with E-state index in [-0.39, 0.29) is 34.2 Å². The molecule has 0 bridgehead atoms. The topological polar surface area (TPSA) is 97.8 Å². The Kier molecular flexibility index (Phi) is 4.77. The lowest BCUT2D eigenvalue weighted by atomic mass is 9.79. The van der Waals surface area contributed by atoms with Crippen molar-refractivity contribution in [2.75, 3.05) is 24.9 Å². The first-order chi connectivity index (χ1) is 13.7. The molecule has 0 spiro atoms. The summed E-state index contributed by atoms with van der Waals surface area (Å²) in [6.07, 6.45) is 4.08. The van der Waals surface area contributed by atoms with Gasteiger partial charge in [0.05, 0.1) is 16.6 Å². The number of carboxylic acids is 1. The maximum atomic E-state index is 13.1. The van der Waals surface area contributed by atoms with Gasteiger partial charge in [-0.1, -0.05) is 13.8 Å². The fourth-order valence-electron chi connectivity index (χ4n) is 4.17. The predicted octanol–water partition coefficient (Wildman–Crippen LogP) is 2.90. The van der Waals surface area contributed by atoms with Crippen molar-refractivity contribution in [3.8, 4) is 5.75 Å². The Hall–Kier alpha value is -2.61. The van der Waals surface area contributed by atoms with E-state index in [0.717, 1.165) is 19.3 Å². The molecule has 3 N–H and O–H groups in total. The minimum Gasteiger partial charge on any atom is -0.477 e. The molecule has 1 aromatic heterocycles. The Morgan fingerprint density at radius 3 is 2.66 bits per heavy atom. The van der Waals surface area contributed by atoms with Gasteiger partial charge in [0.2, 0.25) is 12.3 Å². The van der Waals surface area contributed by atoms with E-state index < -0.39 is 18.3 Å². The highest BCUT2D eigenvalue weighted by atomic mass is 19.1. The Morgan fingerprint density at radius 2 is 2.07 bits per heavy atom. The van der Waals surface area contributed by atoms with E-state index in [9.17, 15) is 19.1 Å². The van der Waals surface area contributed by atoms with E-state index in [1.54, 1.807) is 0 Å². The number of hydrogen-bond acceptors (Lipinski definition) is 5. The van der Waals surface area contributed by atoms with Crippen molar-refractivity contribution in [3.63, 3.8) is 0 Å². The van der Waals surface area contributed by atoms with Crippen molar-refractivity contribution in [3.05, 3.63) is 34.1 Å². The van der Waals surface area contributed by atoms with Crippen LogP contribution in [0.2, 0.25) is 0 Å². The summed E-state index contributed by atoms with van der Waals surface area (Å²) >= 11 is 0. The van der Waals surface area contributed by atoms with Crippen LogP contribution in [-0.2, 0) is 0 Å². The molecule has 4 rings (SSSR count). The van der Waals surface area contributed by atoms with Gasteiger partial charge in [0.25, 0.3) is 0 Å². The van der Waals surface area contributed by atoms with E-state index >= 15 is 0 Å². The standard InChI is InChI=1S/C21H26FN3O4/c1-21(2)10-24(6-5-18(21)23)16-8-15-13(7-17(16)29-11-22)19(26)14(20(27)28)9-25(15)12-3-4-12/h7-9,12,18H,3-6,10-11,23H2,1-2H3,(H,27,28). The summed E-state index contributed by atoms with van der Waals surface area (Å²) in [5.74, 6) is -1.02. The van der Waals surface area contributed by atoms with Crippen molar-refractivity contribution >= 4 is 22.6 Å². The summed E-state index contributed by atoms with van der Waals surface area (Å²) in [5, 5.41) is 9.67. The molecule has 1 aliphatic carbocycles. The Bertz CT molecular complexity index is 1030. The largest absolute Gasteiger partial charge is 0.477 e. The summed E-state index contributed by atoms with van der Waals surface area (Å²) in [6.45, 7) is 4.52. The summed E-state index contributed by atoms with van der Waals surface area (Å²) in [7, 11) is 0. The Morgan fingerprint density at radius 1 is 1.34 bits per heavy atom. The number of carbonyl (C=O) groups is 1. The molecule has 0 amide bonds. The molecule has 1 unspecified atom stereocenters. The number of alkyl halides is 1. The number of nitrogens with zero attached hydrogens (tertiary/aromatic N) is 2. The third kappa shape index (κ3) is 3.46. The average molecular weight is 403 g/mol. The molecule has 8 heteroatoms. The molecule has 1 saturated heterocycles. The monoisotopic (exact) mass is 403 g/mol. The predicted molar refractivity (Wildman–Crippen MR) is 109 cm³/mol. The van der Waals surface area contributed by atoms with E-state index in [4.69, 9.17) is 10.5 Å². The molecule has 2 aliphatic rings. The van der Waals surface area contributed by atoms with Gasteiger partial charge < -0.3 is 25.0 Å². The van der Waals surface area contributed by atoms with E-state index in [2.05, 4.69) is 18.7 Å². The van der Waals surface area contributed by atoms with Crippen LogP contribution >= 0.6 is 0 Å². The van der Waals surface area contributed by atoms with Crippen LogP contribution in [0.5, 0.6) is 5.75 Å². The SMILES string of the molecule is CC1(C)CN(c2cc3c(cc2OCF)c(=O)c(C(=O)O)cn3C2CC2)CCC1N. The molecule has 1 aromatic carbocycles. The molecule has 0 radical (unpaired) electrons. The van der Waals surface area contributed by atoms with Gasteiger partial charge in [-0.15, -0.1) is 0 Å². The van der Waals surface area contributed by atoms with Gasteiger partial charge in [0.15, 0.2) is 0 Å². The second kappa shape index (κ2) is 7.02. The number of fused-ring (bicyclic) bond motifs is 1. The molecule has 29 heavy (non-hydrogen) atoms. The lowest BCUT2D eigenvalue weighted by Crippen LogP contribution is -2.52. The number of ether oxygens (including phenoxy) is 1. The summed E-state index contributed by atoms with van der Waals surface area (Å²) in [5.41, 5.74) is 6.61. The maximum absolute atomic E-state index is 13.1. The normalized spacial score (nSPS) is 21.4. The zero-order valence-corrected chi connectivity index (χ0v) is 16.7. The van der Waals surface area contributed by atoms with E-state index in [0.29, 0.717) is 24.3 Å². The van der Waals surface area contributed by atoms with Crippen LogP contribution < -0.4 is 20.8 Å². The van der Waals surface area contributed by atoms with Crippen LogP contribution in [0.15, 0.2) is 23.1 Å². The maximum Gasteiger partial charge on any atom is 0.341 e. The lowest BCUT2D eigenvalue weighted by Gasteiger charge is -2.44. The summed E-state index contributed by atoms with van der Waals surface area (Å²) in [4.78, 5) is 26.5. The van der Waals surface area contributed by atoms with Crippen molar-refractivity contribution in [1.82, 2.24) is 4.57 Å². The van der Waals surface area contributed by atoms with Crippen molar-refractivity contribution in [1.29, 1.82) is 0 Å². The number of benzene rings is 1. The first-order valence-corrected chi connectivity index (χ1v) is 9.88. The Labute approximate surface area is 167 Å². The number of halogens is 1. The fraction of sp³-hybridized carbons (Fsp3) is 0.524. The molecule has 7 nitrogen and oxygen atoms in total. The van der Waals surface area contributed by atoms with Gasteiger partial charge in [0, 0.05) is 31.4 Å². The van der Waals surface area contributed by atoms with Gasteiger partial charge in [-0.25, -0.2) is 9.18 Å². The molecular formula is C21H26FN3O4. The number of aromatic nitrogens is 1. The number of hydrogen-bond donors (Lipinski definition) is 2. The highest BCUT2D eigenvalue weighted by Gasteiger charge is 2.35. The highest BCUT2D eigenvalue weighted by molar-refractivity contribution is 5.94. The number of anilines is 1. The molecule has 156 valence electrons. The minimum absolute atomic E-state index is 0.0625. The van der Waals surface area contributed by atoms with Gasteiger partial charge >= 0.3 is 5.97 Å². The van der Waals surface area contributed by atoms with Crippen LogP contribution in [0.25, 0.3) is 10.9 Å². The number of carboxylic acid groups (broad SMARTS) is 1. The number of nitrogens with two attached hydrogens (primary N) is 1. The fourth-order valence-corrected chi connectivity index (χ4v) is 4.17. The number of pyridine rings is 1. The first-order valence-electron chi connectivity index (χ1n) is 9.88. The first kappa shape index (κ1) is 19.7. The van der Waals surface area contributed by atoms with Crippen molar-refractivity contribution < 1.29 is 19.0 Å². The summed E-state index contributed by atoms with van der Waals surface area (Å²) in [6, 6.07) is 3.55. The van der Waals surface area contributed by atoms with Crippen molar-refractivity contribution in [2.45, 2.75) is 45.2 Å². The van der Waals surface area contributed by atoms with Gasteiger partial charge in [0.1, 0.15) is 11.3 Å². The third-order valence-corrected chi connectivity index (χ3v) is 6.15. The van der Waals surface area contributed by atoms with Gasteiger partial charge in [-0.05, 0) is 36.8 Å². The highest BCUT2D eigenvalue weighted by Crippen LogP contribution is 2.41. The Balaban J connectivity index is 1.92. The summed E-state index contributed by atoms with van der Waals surface area (Å²) < 4.78 is 20.2. The smallest absolute Gasteiger partial charge is 0.341 e. The van der Waals surface area contributed by atoms with Crippen LogP contribution in [0.4, 0.5) is 10.1 Å². The second-order valence-electron chi connectivity index (χ2n) is 8.71. The third-order valence-electron chi connectivity index (χ3n) is 6.15. The number of aromatic carboxylic acids is 1. The van der Waals surface area contributed by atoms with Crippen molar-refractivity contribution in [2.24, 2.45) is 11.1 Å². The van der Waals surface area contributed by atoms with Gasteiger partial charge in [-0.3, -0.25) is 4.79 Å². The molecule has 2 aromatic rings. The minimum atomic E-state index is -1.27. The number of piperidine rings is 1. The van der Waals surface area contributed by atoms with Crippen LogP contribution in [0, 0.1) is 5.41 Å². The van der Waals surface area contributed by atoms with E-state index in [1.807, 2.05) is 10.6 Å². The quantitative estimate of drug-likeness (QED) is 0.797. The zero-order chi connectivity index (χ0) is 20.9. The molecule has 2 fully saturated rings. The van der Waals surface area contributed by atoms with E-state index in [1.165, 1.54) is 12.3 Å². The second-order valence-corrected chi connectivity index (χ2v) is 8.71. The lowest BCUT2D eigenvalue weighted by molar-refractivity contribution is 0.0694. The molecule has 1 aliphatic heterocycles. The molecular weight excluding hydrogens is 377 g/mol. The van der Waals surface area contributed by atoms with Crippen LogP contribution in [0.1, 0.15) is 49.5 Å². The van der Waals surface area contributed by atoms with Crippen LogP contribution in [-0.4, -0.2) is 41.6 Å². The molecule has 1 saturated carbocycles. The van der Waals surface area contributed by atoms with Crippen LogP contribution in [0.3, 0.4) is 0 Å². The number of rotatable bonds is 5. The molecule has 2 heterocycles. The van der Waals surface area contributed by atoms with Gasteiger partial charge in [-0.2, -0.15) is 0 Å².